The largest absolute Gasteiger partial charge is 0.0901 e. The van der Waals surface area contributed by atoms with Gasteiger partial charge in [0.2, 0.25) is 0 Å². The van der Waals surface area contributed by atoms with Crippen molar-refractivity contribution in [3.63, 3.8) is 0 Å². The van der Waals surface area contributed by atoms with Gasteiger partial charge < -0.3 is 0 Å². The third-order valence-electron chi connectivity index (χ3n) is 8.41. The molecule has 0 amide bonds. The summed E-state index contributed by atoms with van der Waals surface area (Å²) in [5.41, 5.74) is 11.3. The van der Waals surface area contributed by atoms with E-state index in [0.717, 1.165) is 0 Å². The van der Waals surface area contributed by atoms with Crippen LogP contribution in [0.1, 0.15) is 49.9 Å². The number of fused-ring (bicyclic) bond motifs is 6. The molecular formula is C36H30S2. The molecule has 0 saturated carbocycles. The van der Waals surface area contributed by atoms with E-state index in [1.807, 2.05) is 23.5 Å². The molecule has 0 aromatic heterocycles. The summed E-state index contributed by atoms with van der Waals surface area (Å²) in [5.74, 6) is 0. The summed E-state index contributed by atoms with van der Waals surface area (Å²) >= 11 is 3.70. The van der Waals surface area contributed by atoms with Crippen LogP contribution in [0.2, 0.25) is 0 Å². The average molecular weight is 527 g/mol. The van der Waals surface area contributed by atoms with Gasteiger partial charge in [0, 0.05) is 30.4 Å². The van der Waals surface area contributed by atoms with Crippen LogP contribution < -0.4 is 0 Å². The molecule has 0 fully saturated rings. The average Bonchev–Trinajstić information content (AvgIpc) is 3.30. The quantitative estimate of drug-likeness (QED) is 0.228. The number of hydrogen-bond acceptors (Lipinski definition) is 2. The highest BCUT2D eigenvalue weighted by molar-refractivity contribution is 7.99. The third-order valence-corrected chi connectivity index (χ3v) is 10.4. The molecule has 0 N–H and O–H groups in total. The van der Waals surface area contributed by atoms with Crippen molar-refractivity contribution in [3.05, 3.63) is 131 Å². The minimum absolute atomic E-state index is 0.0365. The molecule has 2 aliphatic rings. The zero-order valence-electron chi connectivity index (χ0n) is 22.2. The Kier molecular flexibility index (Phi) is 5.44. The van der Waals surface area contributed by atoms with Crippen molar-refractivity contribution in [2.24, 2.45) is 0 Å². The first kappa shape index (κ1) is 23.9. The molecule has 2 aliphatic carbocycles. The maximum absolute atomic E-state index is 2.40. The Morgan fingerprint density at radius 2 is 0.711 bits per heavy atom. The summed E-state index contributed by atoms with van der Waals surface area (Å²) in [5, 5.41) is 0. The molecule has 7 rings (SSSR count). The molecule has 0 unspecified atom stereocenters. The molecule has 38 heavy (non-hydrogen) atoms. The van der Waals surface area contributed by atoms with E-state index in [1.165, 1.54) is 64.1 Å². The molecule has 0 heterocycles. The van der Waals surface area contributed by atoms with Crippen LogP contribution in [0.5, 0.6) is 0 Å². The Balaban J connectivity index is 1.10. The van der Waals surface area contributed by atoms with Crippen LogP contribution in [-0.2, 0) is 10.8 Å². The van der Waals surface area contributed by atoms with Gasteiger partial charge in [0.25, 0.3) is 0 Å². The SMILES string of the molecule is CC1(C)c2ccccc2-c2ccc(Sc3ccc(Sc4ccc5c(c4)C(C)(C)c4ccccc4-5)cc3)cc21. The maximum Gasteiger partial charge on any atom is 0.0159 e. The summed E-state index contributed by atoms with van der Waals surface area (Å²) in [7, 11) is 0. The van der Waals surface area contributed by atoms with Crippen LogP contribution in [0.25, 0.3) is 22.3 Å². The number of rotatable bonds is 4. The van der Waals surface area contributed by atoms with Crippen molar-refractivity contribution in [2.45, 2.75) is 58.1 Å². The molecule has 0 radical (unpaired) electrons. The molecule has 0 spiro atoms. The first-order valence-corrected chi connectivity index (χ1v) is 14.9. The summed E-state index contributed by atoms with van der Waals surface area (Å²) in [6.07, 6.45) is 0. The molecule has 0 nitrogen and oxygen atoms in total. The van der Waals surface area contributed by atoms with Crippen LogP contribution in [0.3, 0.4) is 0 Å². The molecule has 186 valence electrons. The van der Waals surface area contributed by atoms with Gasteiger partial charge in [0.05, 0.1) is 0 Å². The fourth-order valence-corrected chi connectivity index (χ4v) is 8.06. The maximum atomic E-state index is 2.40. The number of hydrogen-bond donors (Lipinski definition) is 0. The van der Waals surface area contributed by atoms with Gasteiger partial charge in [-0.25, -0.2) is 0 Å². The van der Waals surface area contributed by atoms with E-state index in [9.17, 15) is 0 Å². The first-order chi connectivity index (χ1) is 18.3. The lowest BCUT2D eigenvalue weighted by Crippen LogP contribution is -2.14. The zero-order valence-corrected chi connectivity index (χ0v) is 23.8. The normalized spacial score (nSPS) is 15.5. The third kappa shape index (κ3) is 3.69. The van der Waals surface area contributed by atoms with Gasteiger partial charge in [-0.05, 0) is 93.0 Å². The van der Waals surface area contributed by atoms with Crippen molar-refractivity contribution in [3.8, 4) is 22.3 Å². The van der Waals surface area contributed by atoms with Gasteiger partial charge in [0.1, 0.15) is 0 Å². The highest BCUT2D eigenvalue weighted by Gasteiger charge is 2.36. The van der Waals surface area contributed by atoms with Crippen molar-refractivity contribution < 1.29 is 0 Å². The Morgan fingerprint density at radius 1 is 0.368 bits per heavy atom. The van der Waals surface area contributed by atoms with Crippen molar-refractivity contribution in [1.82, 2.24) is 0 Å². The van der Waals surface area contributed by atoms with E-state index in [-0.39, 0.29) is 10.8 Å². The molecule has 0 aliphatic heterocycles. The smallest absolute Gasteiger partial charge is 0.0159 e. The molecule has 5 aromatic rings. The second-order valence-electron chi connectivity index (χ2n) is 11.4. The minimum Gasteiger partial charge on any atom is -0.0901 e. The Labute approximate surface area is 234 Å². The van der Waals surface area contributed by atoms with Gasteiger partial charge >= 0.3 is 0 Å². The van der Waals surface area contributed by atoms with Gasteiger partial charge in [-0.3, -0.25) is 0 Å². The molecule has 5 aromatic carbocycles. The van der Waals surface area contributed by atoms with Gasteiger partial charge in [0.15, 0.2) is 0 Å². The fraction of sp³-hybridized carbons (Fsp3) is 0.167. The van der Waals surface area contributed by atoms with E-state index >= 15 is 0 Å². The zero-order chi connectivity index (χ0) is 26.1. The molecule has 0 bridgehead atoms. The Bertz CT molecular complexity index is 1580. The lowest BCUT2D eigenvalue weighted by atomic mass is 9.82. The van der Waals surface area contributed by atoms with E-state index in [4.69, 9.17) is 0 Å². The molecule has 0 saturated heterocycles. The highest BCUT2D eigenvalue weighted by atomic mass is 32.2. The summed E-state index contributed by atoms with van der Waals surface area (Å²) < 4.78 is 0. The second kappa shape index (κ2) is 8.66. The monoisotopic (exact) mass is 526 g/mol. The summed E-state index contributed by atoms with van der Waals surface area (Å²) in [6, 6.07) is 40.7. The van der Waals surface area contributed by atoms with Gasteiger partial charge in [-0.2, -0.15) is 0 Å². The van der Waals surface area contributed by atoms with Gasteiger partial charge in [-0.15, -0.1) is 0 Å². The lowest BCUT2D eigenvalue weighted by molar-refractivity contribution is 0.658. The van der Waals surface area contributed by atoms with E-state index < -0.39 is 0 Å². The molecule has 0 atom stereocenters. The number of benzene rings is 5. The second-order valence-corrected chi connectivity index (χ2v) is 13.7. The van der Waals surface area contributed by atoms with Crippen LogP contribution in [0, 0.1) is 0 Å². The lowest BCUT2D eigenvalue weighted by Gasteiger charge is -2.22. The van der Waals surface area contributed by atoms with E-state index in [0.29, 0.717) is 0 Å². The molecule has 2 heteroatoms. The summed E-state index contributed by atoms with van der Waals surface area (Å²) in [6.45, 7) is 9.38. The first-order valence-electron chi connectivity index (χ1n) is 13.3. The topological polar surface area (TPSA) is 0 Å². The van der Waals surface area contributed by atoms with E-state index in [1.54, 1.807) is 0 Å². The van der Waals surface area contributed by atoms with E-state index in [2.05, 4.69) is 137 Å². The fourth-order valence-electron chi connectivity index (χ4n) is 6.34. The van der Waals surface area contributed by atoms with Crippen molar-refractivity contribution in [1.29, 1.82) is 0 Å². The van der Waals surface area contributed by atoms with Crippen LogP contribution in [0.15, 0.2) is 129 Å². The predicted octanol–water partition coefficient (Wildman–Crippen LogP) is 10.6. The van der Waals surface area contributed by atoms with Crippen LogP contribution in [0.4, 0.5) is 0 Å². The van der Waals surface area contributed by atoms with Crippen molar-refractivity contribution in [2.75, 3.05) is 0 Å². The Morgan fingerprint density at radius 3 is 1.13 bits per heavy atom. The highest BCUT2D eigenvalue weighted by Crippen LogP contribution is 2.51. The standard InChI is InChI=1S/C36H30S2/c1-35(2)31-11-7-5-9-27(31)29-19-17-25(21-33(29)35)37-23-13-15-24(16-14-23)38-26-18-20-30-28-10-6-8-12-32(28)36(3,4)34(30)22-26/h5-22H,1-4H3. The van der Waals surface area contributed by atoms with Crippen LogP contribution >= 0.6 is 23.5 Å². The van der Waals surface area contributed by atoms with Crippen LogP contribution in [-0.4, -0.2) is 0 Å². The summed E-state index contributed by atoms with van der Waals surface area (Å²) in [4.78, 5) is 5.14. The Hall–Kier alpha value is -3.20. The predicted molar refractivity (Wildman–Crippen MR) is 163 cm³/mol. The van der Waals surface area contributed by atoms with Gasteiger partial charge in [-0.1, -0.05) is 112 Å². The minimum atomic E-state index is 0.0365. The molecular weight excluding hydrogens is 497 g/mol. The van der Waals surface area contributed by atoms with Crippen molar-refractivity contribution >= 4 is 23.5 Å².